The number of ether oxygens (including phenoxy) is 2. The number of esters is 1. The molecule has 5 aromatic rings. The minimum Gasteiger partial charge on any atom is -0.496 e. The molecular weight excluding hydrogens is 579 g/mol. The van der Waals surface area contributed by atoms with E-state index in [0.717, 1.165) is 55.8 Å². The van der Waals surface area contributed by atoms with Gasteiger partial charge in [0.2, 0.25) is 5.76 Å². The third-order valence-electron chi connectivity index (χ3n) is 8.64. The lowest BCUT2D eigenvalue weighted by Crippen LogP contribution is -2.36. The summed E-state index contributed by atoms with van der Waals surface area (Å²) in [6.45, 7) is 7.08. The molecule has 0 unspecified atom stereocenters. The third kappa shape index (κ3) is 6.07. The van der Waals surface area contributed by atoms with Crippen LogP contribution in [0, 0.1) is 6.92 Å². The summed E-state index contributed by atoms with van der Waals surface area (Å²) in [6, 6.07) is 26.6. The van der Waals surface area contributed by atoms with Crippen molar-refractivity contribution in [2.45, 2.75) is 58.6 Å². The molecule has 1 aliphatic heterocycles. The molecule has 0 amide bonds. The zero-order valence-corrected chi connectivity index (χ0v) is 25.6. The van der Waals surface area contributed by atoms with Crippen LogP contribution < -0.4 is 4.74 Å². The summed E-state index contributed by atoms with van der Waals surface area (Å²) in [4.78, 5) is 14.5. The number of carbonyl (C=O) groups is 1. The second-order valence-corrected chi connectivity index (χ2v) is 12.1. The van der Waals surface area contributed by atoms with E-state index in [1.807, 2.05) is 69.3 Å². The van der Waals surface area contributed by atoms with E-state index in [-0.39, 0.29) is 24.9 Å². The molecule has 8 heteroatoms. The molecule has 0 spiro atoms. The molecule has 1 aromatic heterocycles. The molecule has 0 N–H and O–H groups in total. The summed E-state index contributed by atoms with van der Waals surface area (Å²) in [6.07, 6.45) is -4.55. The van der Waals surface area contributed by atoms with Crippen molar-refractivity contribution in [1.29, 1.82) is 0 Å². The molecule has 2 heterocycles. The van der Waals surface area contributed by atoms with Crippen LogP contribution in [0.15, 0.2) is 89.3 Å². The van der Waals surface area contributed by atoms with E-state index in [1.54, 1.807) is 7.11 Å². The molecular formula is C37H34F3NO4. The molecule has 4 aromatic carbocycles. The van der Waals surface area contributed by atoms with E-state index < -0.39 is 17.4 Å². The Morgan fingerprint density at radius 1 is 0.889 bits per heavy atom. The maximum Gasteiger partial charge on any atom is 0.449 e. The van der Waals surface area contributed by atoms with Gasteiger partial charge in [-0.2, -0.15) is 13.2 Å². The first-order chi connectivity index (χ1) is 21.4. The van der Waals surface area contributed by atoms with Gasteiger partial charge in [0.1, 0.15) is 18.1 Å². The Morgan fingerprint density at radius 2 is 1.64 bits per heavy atom. The Labute approximate surface area is 260 Å². The van der Waals surface area contributed by atoms with Gasteiger partial charge in [-0.3, -0.25) is 9.69 Å². The smallest absolute Gasteiger partial charge is 0.449 e. The van der Waals surface area contributed by atoms with Crippen molar-refractivity contribution in [3.8, 4) is 16.9 Å². The first-order valence-corrected chi connectivity index (χ1v) is 14.8. The van der Waals surface area contributed by atoms with Crippen LogP contribution in [0.25, 0.3) is 21.9 Å². The van der Waals surface area contributed by atoms with Crippen LogP contribution in [-0.2, 0) is 47.4 Å². The van der Waals surface area contributed by atoms with Gasteiger partial charge in [-0.15, -0.1) is 0 Å². The number of cyclic esters (lactones) is 1. The topological polar surface area (TPSA) is 51.9 Å². The third-order valence-corrected chi connectivity index (χ3v) is 8.64. The Hall–Kier alpha value is -4.56. The van der Waals surface area contributed by atoms with Crippen LogP contribution in [-0.4, -0.2) is 18.0 Å². The maximum atomic E-state index is 13.3. The fourth-order valence-electron chi connectivity index (χ4n) is 6.07. The highest BCUT2D eigenvalue weighted by Crippen LogP contribution is 2.38. The molecule has 232 valence electrons. The van der Waals surface area contributed by atoms with E-state index in [0.29, 0.717) is 18.8 Å². The van der Waals surface area contributed by atoms with Crippen LogP contribution in [0.4, 0.5) is 13.2 Å². The quantitative estimate of drug-likeness (QED) is 0.164. The number of hydrogen-bond acceptors (Lipinski definition) is 5. The molecule has 0 aliphatic carbocycles. The molecule has 0 saturated heterocycles. The van der Waals surface area contributed by atoms with Gasteiger partial charge in [-0.25, -0.2) is 0 Å². The van der Waals surface area contributed by atoms with Crippen molar-refractivity contribution in [2.75, 3.05) is 7.11 Å². The first kappa shape index (κ1) is 30.5. The number of aryl methyl sites for hydroxylation is 1. The molecule has 0 bridgehead atoms. The SMILES string of the molecule is COc1cc(-c2ccc3c(c2)C(C)(C)C(=O)OC3)ccc1CN(Cc1ccc(C(F)(F)F)o1)Cc1c(C)ccc2ccccc12. The van der Waals surface area contributed by atoms with E-state index in [1.165, 1.54) is 6.07 Å². The standard InChI is InChI=1S/C37H34F3NO4/c1-23-9-10-24-7-5-6-8-30(24)31(23)21-41(20-29-15-16-34(45-29)37(38,39)40)19-27-13-11-26(18-33(27)43-4)25-12-14-28-22-44-35(42)36(2,3)32(28)17-25/h5-18H,19-22H2,1-4H3. The van der Waals surface area contributed by atoms with Gasteiger partial charge in [0.05, 0.1) is 19.1 Å². The normalized spacial score (nSPS) is 14.4. The highest BCUT2D eigenvalue weighted by atomic mass is 19.4. The number of hydrogen-bond donors (Lipinski definition) is 0. The fraction of sp³-hybridized carbons (Fsp3) is 0.270. The number of benzene rings is 4. The monoisotopic (exact) mass is 613 g/mol. The van der Waals surface area contributed by atoms with Crippen molar-refractivity contribution >= 4 is 16.7 Å². The molecule has 5 nitrogen and oxygen atoms in total. The minimum atomic E-state index is -4.55. The number of rotatable bonds is 8. The zero-order valence-electron chi connectivity index (χ0n) is 25.6. The van der Waals surface area contributed by atoms with E-state index in [2.05, 4.69) is 29.2 Å². The van der Waals surface area contributed by atoms with Crippen molar-refractivity contribution in [3.05, 3.63) is 124 Å². The predicted molar refractivity (Wildman–Crippen MR) is 167 cm³/mol. The van der Waals surface area contributed by atoms with Crippen molar-refractivity contribution < 1.29 is 31.9 Å². The molecule has 6 rings (SSSR count). The number of methoxy groups -OCH3 is 1. The molecule has 0 radical (unpaired) electrons. The molecule has 45 heavy (non-hydrogen) atoms. The van der Waals surface area contributed by atoms with Gasteiger partial charge in [0.15, 0.2) is 0 Å². The van der Waals surface area contributed by atoms with Crippen molar-refractivity contribution in [3.63, 3.8) is 0 Å². The van der Waals surface area contributed by atoms with Gasteiger partial charge in [0.25, 0.3) is 0 Å². The van der Waals surface area contributed by atoms with Gasteiger partial charge in [-0.1, -0.05) is 60.7 Å². The van der Waals surface area contributed by atoms with E-state index >= 15 is 0 Å². The summed E-state index contributed by atoms with van der Waals surface area (Å²) < 4.78 is 56.5. The van der Waals surface area contributed by atoms with Crippen LogP contribution >= 0.6 is 0 Å². The number of halogens is 3. The second kappa shape index (κ2) is 11.7. The van der Waals surface area contributed by atoms with Gasteiger partial charge >= 0.3 is 12.1 Å². The Morgan fingerprint density at radius 3 is 2.40 bits per heavy atom. The molecule has 0 fully saturated rings. The lowest BCUT2D eigenvalue weighted by molar-refractivity contribution is -0.154. The van der Waals surface area contributed by atoms with Gasteiger partial charge in [-0.05, 0) is 89.2 Å². The number of fused-ring (bicyclic) bond motifs is 2. The van der Waals surface area contributed by atoms with E-state index in [4.69, 9.17) is 13.9 Å². The van der Waals surface area contributed by atoms with Crippen LogP contribution in [0.1, 0.15) is 53.2 Å². The van der Waals surface area contributed by atoms with Gasteiger partial charge < -0.3 is 13.9 Å². The lowest BCUT2D eigenvalue weighted by Gasteiger charge is -2.31. The highest BCUT2D eigenvalue weighted by Gasteiger charge is 2.37. The van der Waals surface area contributed by atoms with Crippen LogP contribution in [0.3, 0.4) is 0 Å². The lowest BCUT2D eigenvalue weighted by atomic mass is 9.79. The fourth-order valence-corrected chi connectivity index (χ4v) is 6.07. The molecule has 1 aliphatic rings. The molecule has 0 saturated carbocycles. The Balaban J connectivity index is 1.34. The summed E-state index contributed by atoms with van der Waals surface area (Å²) in [5.74, 6) is -0.382. The van der Waals surface area contributed by atoms with Crippen molar-refractivity contribution in [2.24, 2.45) is 0 Å². The summed E-state index contributed by atoms with van der Waals surface area (Å²) in [7, 11) is 1.61. The Kier molecular flexibility index (Phi) is 7.95. The number of alkyl halides is 3. The number of nitrogens with zero attached hydrogens (tertiary/aromatic N) is 1. The summed E-state index contributed by atoms with van der Waals surface area (Å²) in [5, 5.41) is 2.19. The van der Waals surface area contributed by atoms with Gasteiger partial charge in [0, 0.05) is 18.7 Å². The predicted octanol–water partition coefficient (Wildman–Crippen LogP) is 8.97. The average molecular weight is 614 g/mol. The molecule has 0 atom stereocenters. The highest BCUT2D eigenvalue weighted by molar-refractivity contribution is 5.87. The van der Waals surface area contributed by atoms with E-state index in [9.17, 15) is 18.0 Å². The summed E-state index contributed by atoms with van der Waals surface area (Å²) in [5.41, 5.74) is 6.10. The zero-order chi connectivity index (χ0) is 31.9. The summed E-state index contributed by atoms with van der Waals surface area (Å²) >= 11 is 0. The van der Waals surface area contributed by atoms with Crippen molar-refractivity contribution in [1.82, 2.24) is 4.90 Å². The largest absolute Gasteiger partial charge is 0.496 e. The second-order valence-electron chi connectivity index (χ2n) is 12.1. The minimum absolute atomic E-state index is 0.166. The maximum absolute atomic E-state index is 13.3. The number of carbonyl (C=O) groups excluding carboxylic acids is 1. The number of furan rings is 1. The van der Waals surface area contributed by atoms with Crippen LogP contribution in [0.5, 0.6) is 5.75 Å². The first-order valence-electron chi connectivity index (χ1n) is 14.8. The Bertz CT molecular complexity index is 1890. The average Bonchev–Trinajstić information content (AvgIpc) is 3.50. The van der Waals surface area contributed by atoms with Crippen LogP contribution in [0.2, 0.25) is 0 Å².